The van der Waals surface area contributed by atoms with Crippen molar-refractivity contribution in [1.82, 2.24) is 5.32 Å². The zero-order valence-corrected chi connectivity index (χ0v) is 13.8. The van der Waals surface area contributed by atoms with Gasteiger partial charge in [-0.15, -0.1) is 0 Å². The molecule has 4 heteroatoms. The standard InChI is InChI=1S/C17H19Cl2NO/c1-3-8-20-11-13-9-12(4-7-17(13)21-2)15-10-14(18)5-6-16(15)19/h4-7,9-10,20H,3,8,11H2,1-2H3. The molecule has 2 aromatic rings. The van der Waals surface area contributed by atoms with Crippen LogP contribution in [0.4, 0.5) is 0 Å². The summed E-state index contributed by atoms with van der Waals surface area (Å²) in [5, 5.41) is 4.76. The second kappa shape index (κ2) is 7.69. The maximum Gasteiger partial charge on any atom is 0.123 e. The molecule has 0 atom stereocenters. The van der Waals surface area contributed by atoms with E-state index >= 15 is 0 Å². The molecule has 1 N–H and O–H groups in total. The Hall–Kier alpha value is -1.22. The van der Waals surface area contributed by atoms with Crippen molar-refractivity contribution in [3.05, 3.63) is 52.0 Å². The first-order chi connectivity index (χ1) is 10.2. The zero-order valence-electron chi connectivity index (χ0n) is 12.2. The summed E-state index contributed by atoms with van der Waals surface area (Å²) in [4.78, 5) is 0. The summed E-state index contributed by atoms with van der Waals surface area (Å²) in [5.74, 6) is 0.875. The van der Waals surface area contributed by atoms with Gasteiger partial charge in [-0.3, -0.25) is 0 Å². The van der Waals surface area contributed by atoms with Gasteiger partial charge >= 0.3 is 0 Å². The fourth-order valence-corrected chi connectivity index (χ4v) is 2.60. The highest BCUT2D eigenvalue weighted by Gasteiger charge is 2.09. The molecular weight excluding hydrogens is 305 g/mol. The summed E-state index contributed by atoms with van der Waals surface area (Å²) in [5.41, 5.74) is 3.08. The zero-order chi connectivity index (χ0) is 15.2. The molecule has 0 aromatic heterocycles. The van der Waals surface area contributed by atoms with Gasteiger partial charge in [-0.25, -0.2) is 0 Å². The Balaban J connectivity index is 2.36. The number of rotatable bonds is 6. The van der Waals surface area contributed by atoms with E-state index in [0.29, 0.717) is 10.0 Å². The first-order valence-corrected chi connectivity index (χ1v) is 7.74. The van der Waals surface area contributed by atoms with Gasteiger partial charge in [-0.1, -0.05) is 36.2 Å². The number of hydrogen-bond donors (Lipinski definition) is 1. The Morgan fingerprint density at radius 2 is 1.90 bits per heavy atom. The van der Waals surface area contributed by atoms with Crippen LogP contribution < -0.4 is 10.1 Å². The molecule has 0 bridgehead atoms. The van der Waals surface area contributed by atoms with Crippen molar-refractivity contribution in [2.24, 2.45) is 0 Å². The van der Waals surface area contributed by atoms with Crippen LogP contribution in [0.15, 0.2) is 36.4 Å². The van der Waals surface area contributed by atoms with Crippen molar-refractivity contribution in [1.29, 1.82) is 0 Å². The van der Waals surface area contributed by atoms with Gasteiger partial charge in [0.25, 0.3) is 0 Å². The van der Waals surface area contributed by atoms with Gasteiger partial charge in [0, 0.05) is 27.7 Å². The van der Waals surface area contributed by atoms with Crippen molar-refractivity contribution in [3.8, 4) is 16.9 Å². The minimum atomic E-state index is 0.677. The van der Waals surface area contributed by atoms with Crippen molar-refractivity contribution in [2.45, 2.75) is 19.9 Å². The molecule has 0 heterocycles. The van der Waals surface area contributed by atoms with Gasteiger partial charge in [0.1, 0.15) is 5.75 Å². The fraction of sp³-hybridized carbons (Fsp3) is 0.294. The van der Waals surface area contributed by atoms with Crippen molar-refractivity contribution in [3.63, 3.8) is 0 Å². The predicted molar refractivity (Wildman–Crippen MR) is 90.4 cm³/mol. The van der Waals surface area contributed by atoms with Crippen LogP contribution in [0.25, 0.3) is 11.1 Å². The first kappa shape index (κ1) is 16.2. The Bertz CT molecular complexity index is 614. The van der Waals surface area contributed by atoms with E-state index < -0.39 is 0 Å². The third-order valence-corrected chi connectivity index (χ3v) is 3.83. The third kappa shape index (κ3) is 4.13. The highest BCUT2D eigenvalue weighted by Crippen LogP contribution is 2.33. The molecule has 0 aliphatic heterocycles. The number of ether oxygens (including phenoxy) is 1. The third-order valence-electron chi connectivity index (χ3n) is 3.26. The molecule has 0 saturated carbocycles. The SMILES string of the molecule is CCCNCc1cc(-c2cc(Cl)ccc2Cl)ccc1OC. The molecule has 21 heavy (non-hydrogen) atoms. The molecule has 0 unspecified atom stereocenters. The second-order valence-corrected chi connectivity index (χ2v) is 5.67. The number of methoxy groups -OCH3 is 1. The Labute approximate surface area is 136 Å². The van der Waals surface area contributed by atoms with Crippen LogP contribution in [-0.4, -0.2) is 13.7 Å². The minimum Gasteiger partial charge on any atom is -0.496 e. The van der Waals surface area contributed by atoms with Crippen LogP contribution in [0.3, 0.4) is 0 Å². The smallest absolute Gasteiger partial charge is 0.123 e. The van der Waals surface area contributed by atoms with Gasteiger partial charge in [0.05, 0.1) is 7.11 Å². The molecule has 0 saturated heterocycles. The molecule has 112 valence electrons. The molecule has 2 nitrogen and oxygen atoms in total. The Kier molecular flexibility index (Phi) is 5.92. The molecule has 0 aliphatic carbocycles. The van der Waals surface area contributed by atoms with Crippen LogP contribution in [0.2, 0.25) is 10.0 Å². The van der Waals surface area contributed by atoms with Gasteiger partial charge in [0.2, 0.25) is 0 Å². The topological polar surface area (TPSA) is 21.3 Å². The van der Waals surface area contributed by atoms with Crippen molar-refractivity contribution in [2.75, 3.05) is 13.7 Å². The molecule has 2 aromatic carbocycles. The maximum absolute atomic E-state index is 6.28. The lowest BCUT2D eigenvalue weighted by Gasteiger charge is -2.13. The summed E-state index contributed by atoms with van der Waals surface area (Å²) < 4.78 is 5.42. The average Bonchev–Trinajstić information content (AvgIpc) is 2.50. The van der Waals surface area contributed by atoms with E-state index in [0.717, 1.165) is 42.0 Å². The van der Waals surface area contributed by atoms with Crippen LogP contribution in [-0.2, 0) is 6.54 Å². The number of hydrogen-bond acceptors (Lipinski definition) is 2. The van der Waals surface area contributed by atoms with Crippen molar-refractivity contribution >= 4 is 23.2 Å². The normalized spacial score (nSPS) is 10.7. The molecule has 0 amide bonds. The number of halogens is 2. The van der Waals surface area contributed by atoms with Gasteiger partial charge in [-0.05, 0) is 48.9 Å². The van der Waals surface area contributed by atoms with Gasteiger partial charge in [0.15, 0.2) is 0 Å². The summed E-state index contributed by atoms with van der Waals surface area (Å²) in [6.45, 7) is 3.89. The van der Waals surface area contributed by atoms with Crippen LogP contribution in [0.1, 0.15) is 18.9 Å². The second-order valence-electron chi connectivity index (χ2n) is 4.83. The lowest BCUT2D eigenvalue weighted by molar-refractivity contribution is 0.408. The summed E-state index contributed by atoms with van der Waals surface area (Å²) in [7, 11) is 1.69. The number of benzene rings is 2. The summed E-state index contributed by atoms with van der Waals surface area (Å²) >= 11 is 12.3. The first-order valence-electron chi connectivity index (χ1n) is 6.98. The quantitative estimate of drug-likeness (QED) is 0.740. The lowest BCUT2D eigenvalue weighted by atomic mass is 10.0. The van der Waals surface area contributed by atoms with E-state index in [4.69, 9.17) is 27.9 Å². The molecular formula is C17H19Cl2NO. The maximum atomic E-state index is 6.28. The lowest BCUT2D eigenvalue weighted by Crippen LogP contribution is -2.14. The van der Waals surface area contributed by atoms with Crippen LogP contribution in [0.5, 0.6) is 5.75 Å². The molecule has 0 spiro atoms. The number of nitrogens with one attached hydrogen (secondary N) is 1. The van der Waals surface area contributed by atoms with E-state index in [1.54, 1.807) is 13.2 Å². The van der Waals surface area contributed by atoms with Crippen LogP contribution in [0, 0.1) is 0 Å². The summed E-state index contributed by atoms with van der Waals surface area (Å²) in [6.07, 6.45) is 1.10. The largest absolute Gasteiger partial charge is 0.496 e. The molecule has 0 radical (unpaired) electrons. The highest BCUT2D eigenvalue weighted by atomic mass is 35.5. The minimum absolute atomic E-state index is 0.677. The molecule has 0 fully saturated rings. The van der Waals surface area contributed by atoms with E-state index in [2.05, 4.69) is 18.3 Å². The average molecular weight is 324 g/mol. The Morgan fingerprint density at radius 1 is 1.10 bits per heavy atom. The molecule has 0 aliphatic rings. The fourth-order valence-electron chi connectivity index (χ4n) is 2.20. The van der Waals surface area contributed by atoms with E-state index in [1.165, 1.54) is 0 Å². The monoisotopic (exact) mass is 323 g/mol. The Morgan fingerprint density at radius 3 is 2.62 bits per heavy atom. The predicted octanol–water partition coefficient (Wildman–Crippen LogP) is 5.17. The van der Waals surface area contributed by atoms with E-state index in [-0.39, 0.29) is 0 Å². The van der Waals surface area contributed by atoms with E-state index in [9.17, 15) is 0 Å². The summed E-state index contributed by atoms with van der Waals surface area (Å²) in [6, 6.07) is 11.6. The van der Waals surface area contributed by atoms with Gasteiger partial charge in [-0.2, -0.15) is 0 Å². The highest BCUT2D eigenvalue weighted by molar-refractivity contribution is 6.35. The van der Waals surface area contributed by atoms with Crippen LogP contribution >= 0.6 is 23.2 Å². The van der Waals surface area contributed by atoms with Crippen molar-refractivity contribution < 1.29 is 4.74 Å². The molecule has 2 rings (SSSR count). The van der Waals surface area contributed by atoms with Gasteiger partial charge < -0.3 is 10.1 Å². The van der Waals surface area contributed by atoms with E-state index in [1.807, 2.05) is 24.3 Å².